The number of aromatic nitrogens is 3. The number of anilines is 4. The Hall–Kier alpha value is -3.82. The van der Waals surface area contributed by atoms with Crippen molar-refractivity contribution in [1.29, 1.82) is 0 Å². The van der Waals surface area contributed by atoms with Gasteiger partial charge in [0.05, 0.1) is 5.69 Å². The zero-order valence-electron chi connectivity index (χ0n) is 20.5. The van der Waals surface area contributed by atoms with Gasteiger partial charge in [-0.1, -0.05) is 18.2 Å². The lowest BCUT2D eigenvalue weighted by Gasteiger charge is -2.25. The Labute approximate surface area is 207 Å². The first-order valence-electron chi connectivity index (χ1n) is 11.6. The highest BCUT2D eigenvalue weighted by atomic mass is 16.1. The summed E-state index contributed by atoms with van der Waals surface area (Å²) in [6, 6.07) is 12.1. The maximum Gasteiger partial charge on any atom is 0.256 e. The molecule has 0 fully saturated rings. The molecule has 0 bridgehead atoms. The topological polar surface area (TPSA) is 98.3 Å². The molecule has 1 aromatic carbocycles. The van der Waals surface area contributed by atoms with Gasteiger partial charge in [0.2, 0.25) is 5.95 Å². The van der Waals surface area contributed by atoms with E-state index < -0.39 is 0 Å². The van der Waals surface area contributed by atoms with Gasteiger partial charge in [-0.05, 0) is 63.0 Å². The molecule has 3 heterocycles. The first-order valence-corrected chi connectivity index (χ1v) is 11.6. The normalized spacial score (nSPS) is 13.3. The van der Waals surface area contributed by atoms with Gasteiger partial charge in [-0.25, -0.2) is 9.97 Å². The van der Waals surface area contributed by atoms with E-state index in [0.717, 1.165) is 30.9 Å². The van der Waals surface area contributed by atoms with E-state index in [0.29, 0.717) is 36.2 Å². The van der Waals surface area contributed by atoms with E-state index in [1.807, 2.05) is 43.3 Å². The molecular weight excluding hydrogens is 440 g/mol. The molecule has 1 aliphatic rings. The van der Waals surface area contributed by atoms with Crippen LogP contribution in [-0.2, 0) is 19.5 Å². The van der Waals surface area contributed by atoms with Crippen LogP contribution >= 0.6 is 0 Å². The largest absolute Gasteiger partial charge is 0.348 e. The monoisotopic (exact) mass is 474 g/mol. The number of pyridine rings is 1. The fourth-order valence-corrected chi connectivity index (χ4v) is 3.95. The van der Waals surface area contributed by atoms with Crippen LogP contribution < -0.4 is 16.0 Å². The molecule has 0 spiro atoms. The number of benzene rings is 1. The van der Waals surface area contributed by atoms with Crippen molar-refractivity contribution in [3.63, 3.8) is 0 Å². The SMILES string of the molecule is C=CCNC(=O)c1cnc(Nc2ccc3c(c2)CN(C)CC3)nc1Nc1cccc(CN(C)C)n1.[HH]. The maximum absolute atomic E-state index is 12.8. The molecule has 9 nitrogen and oxygen atoms in total. The maximum atomic E-state index is 12.8. The molecule has 0 saturated carbocycles. The number of carbonyl (C=O) groups is 1. The molecule has 0 unspecified atom stereocenters. The number of hydrogen-bond acceptors (Lipinski definition) is 8. The molecule has 3 aromatic rings. The van der Waals surface area contributed by atoms with Gasteiger partial charge in [0, 0.05) is 39.5 Å². The number of rotatable bonds is 9. The predicted octanol–water partition coefficient (Wildman–Crippen LogP) is 3.57. The third kappa shape index (κ3) is 6.40. The van der Waals surface area contributed by atoms with E-state index in [1.165, 1.54) is 17.3 Å². The molecule has 4 rings (SSSR count). The highest BCUT2D eigenvalue weighted by Gasteiger charge is 2.17. The Morgan fingerprint density at radius 2 is 2.06 bits per heavy atom. The van der Waals surface area contributed by atoms with Gasteiger partial charge in [0.25, 0.3) is 5.91 Å². The fourth-order valence-electron chi connectivity index (χ4n) is 3.95. The van der Waals surface area contributed by atoms with Gasteiger partial charge in [0.15, 0.2) is 0 Å². The summed E-state index contributed by atoms with van der Waals surface area (Å²) >= 11 is 0. The van der Waals surface area contributed by atoms with Crippen LogP contribution in [0.3, 0.4) is 0 Å². The van der Waals surface area contributed by atoms with Crippen LogP contribution in [0.2, 0.25) is 0 Å². The molecule has 0 aliphatic carbocycles. The van der Waals surface area contributed by atoms with Gasteiger partial charge >= 0.3 is 0 Å². The van der Waals surface area contributed by atoms with Gasteiger partial charge in [-0.15, -0.1) is 6.58 Å². The van der Waals surface area contributed by atoms with Crippen LogP contribution in [0.25, 0.3) is 0 Å². The van der Waals surface area contributed by atoms with Gasteiger partial charge in [0.1, 0.15) is 17.2 Å². The molecule has 3 N–H and O–H groups in total. The third-order valence-electron chi connectivity index (χ3n) is 5.64. The van der Waals surface area contributed by atoms with Gasteiger partial charge in [-0.3, -0.25) is 4.79 Å². The minimum absolute atomic E-state index is 0. The number of fused-ring (bicyclic) bond motifs is 1. The minimum atomic E-state index is -0.291. The van der Waals surface area contributed by atoms with Crippen LogP contribution in [0.15, 0.2) is 55.3 Å². The van der Waals surface area contributed by atoms with Gasteiger partial charge < -0.3 is 25.8 Å². The van der Waals surface area contributed by atoms with Crippen LogP contribution in [-0.4, -0.2) is 64.9 Å². The average molecular weight is 475 g/mol. The number of nitrogens with zero attached hydrogens (tertiary/aromatic N) is 5. The Morgan fingerprint density at radius 3 is 2.86 bits per heavy atom. The number of likely N-dealkylation sites (N-methyl/N-ethyl adjacent to an activating group) is 1. The lowest BCUT2D eigenvalue weighted by atomic mass is 9.99. The van der Waals surface area contributed by atoms with Crippen molar-refractivity contribution in [3.05, 3.63) is 77.6 Å². The highest BCUT2D eigenvalue weighted by molar-refractivity contribution is 5.99. The minimum Gasteiger partial charge on any atom is -0.348 e. The van der Waals surface area contributed by atoms with Crippen molar-refractivity contribution >= 4 is 29.2 Å². The van der Waals surface area contributed by atoms with Crippen LogP contribution in [0.4, 0.5) is 23.3 Å². The summed E-state index contributed by atoms with van der Waals surface area (Å²) in [4.78, 5) is 30.8. The summed E-state index contributed by atoms with van der Waals surface area (Å²) < 4.78 is 0. The lowest BCUT2D eigenvalue weighted by Crippen LogP contribution is -2.26. The lowest BCUT2D eigenvalue weighted by molar-refractivity contribution is 0.0958. The highest BCUT2D eigenvalue weighted by Crippen LogP contribution is 2.25. The zero-order chi connectivity index (χ0) is 24.8. The van der Waals surface area contributed by atoms with E-state index in [2.05, 4.69) is 61.6 Å². The van der Waals surface area contributed by atoms with Crippen molar-refractivity contribution in [1.82, 2.24) is 30.1 Å². The number of carbonyl (C=O) groups excluding carboxylic acids is 1. The first-order chi connectivity index (χ1) is 16.9. The summed E-state index contributed by atoms with van der Waals surface area (Å²) in [6.45, 7) is 6.68. The smallest absolute Gasteiger partial charge is 0.256 e. The Bertz CT molecular complexity index is 1220. The molecular formula is C26H34N8O. The summed E-state index contributed by atoms with van der Waals surface area (Å²) in [5.74, 6) is 1.07. The van der Waals surface area contributed by atoms with Crippen LogP contribution in [0.5, 0.6) is 0 Å². The van der Waals surface area contributed by atoms with Crippen molar-refractivity contribution in [2.75, 3.05) is 44.9 Å². The van der Waals surface area contributed by atoms with Crippen LogP contribution in [0.1, 0.15) is 28.6 Å². The van der Waals surface area contributed by atoms with E-state index in [9.17, 15) is 4.79 Å². The summed E-state index contributed by atoms with van der Waals surface area (Å²) in [7, 11) is 6.11. The van der Waals surface area contributed by atoms with E-state index >= 15 is 0 Å². The number of hydrogen-bond donors (Lipinski definition) is 3. The number of nitrogens with one attached hydrogen (secondary N) is 3. The first kappa shape index (κ1) is 24.3. The predicted molar refractivity (Wildman–Crippen MR) is 141 cm³/mol. The molecule has 9 heteroatoms. The Balaban J connectivity index is 0.00000361. The molecule has 2 aromatic heterocycles. The third-order valence-corrected chi connectivity index (χ3v) is 5.64. The summed E-state index contributed by atoms with van der Waals surface area (Å²) in [5, 5.41) is 9.29. The van der Waals surface area contributed by atoms with E-state index in [4.69, 9.17) is 0 Å². The van der Waals surface area contributed by atoms with E-state index in [-0.39, 0.29) is 7.33 Å². The van der Waals surface area contributed by atoms with Crippen molar-refractivity contribution < 1.29 is 6.22 Å². The number of amides is 1. The van der Waals surface area contributed by atoms with Gasteiger partial charge in [-0.2, -0.15) is 4.98 Å². The fraction of sp³-hybridized carbons (Fsp3) is 0.308. The standard InChI is InChI=1S/C26H32N8O.H2/c1-5-12-27-25(35)22-15-28-26(30-20-10-9-18-11-13-34(4)16-19(18)14-20)32-24(22)31-23-8-6-7-21(29-23)17-33(2)3;/h5-10,14-15H,1,11-13,16-17H2,2-4H3,(H,27,35)(H2,28,29,30,31,32);1H. The van der Waals surface area contributed by atoms with Crippen LogP contribution in [0, 0.1) is 0 Å². The zero-order valence-corrected chi connectivity index (χ0v) is 20.5. The van der Waals surface area contributed by atoms with E-state index in [1.54, 1.807) is 6.08 Å². The molecule has 0 atom stereocenters. The molecule has 0 saturated heterocycles. The van der Waals surface area contributed by atoms with Crippen molar-refractivity contribution in [3.8, 4) is 0 Å². The Morgan fingerprint density at radius 1 is 1.20 bits per heavy atom. The Kier molecular flexibility index (Phi) is 7.69. The molecule has 0 radical (unpaired) electrons. The molecule has 1 aliphatic heterocycles. The second-order valence-electron chi connectivity index (χ2n) is 8.93. The molecule has 184 valence electrons. The van der Waals surface area contributed by atoms with Crippen molar-refractivity contribution in [2.24, 2.45) is 0 Å². The quantitative estimate of drug-likeness (QED) is 0.405. The molecule has 1 amide bonds. The van der Waals surface area contributed by atoms with Crippen molar-refractivity contribution in [2.45, 2.75) is 19.5 Å². The second kappa shape index (κ2) is 11.1. The molecule has 35 heavy (non-hydrogen) atoms. The summed E-state index contributed by atoms with van der Waals surface area (Å²) in [6.07, 6.45) is 4.19. The second-order valence-corrected chi connectivity index (χ2v) is 8.93. The average Bonchev–Trinajstić information content (AvgIpc) is 2.82. The summed E-state index contributed by atoms with van der Waals surface area (Å²) in [5.41, 5.74) is 4.80.